The van der Waals surface area contributed by atoms with E-state index in [9.17, 15) is 9.18 Å². The molecule has 1 atom stereocenters. The van der Waals surface area contributed by atoms with E-state index in [1.807, 2.05) is 25.9 Å². The van der Waals surface area contributed by atoms with Gasteiger partial charge >= 0.3 is 5.97 Å². The maximum atomic E-state index is 13.4. The lowest BCUT2D eigenvalue weighted by molar-refractivity contribution is 0.0692. The zero-order valence-electron chi connectivity index (χ0n) is 10.2. The highest BCUT2D eigenvalue weighted by molar-refractivity contribution is 5.88. The fraction of sp³-hybridized carbons (Fsp3) is 0.417. The Morgan fingerprint density at radius 2 is 2.18 bits per heavy atom. The summed E-state index contributed by atoms with van der Waals surface area (Å²) in [6.45, 7) is 2.78. The predicted molar refractivity (Wildman–Crippen MR) is 65.0 cm³/mol. The molecule has 0 aromatic heterocycles. The van der Waals surface area contributed by atoms with E-state index in [1.165, 1.54) is 12.1 Å². The molecule has 0 saturated carbocycles. The van der Waals surface area contributed by atoms with Gasteiger partial charge in [0.2, 0.25) is 0 Å². The first-order valence-corrected chi connectivity index (χ1v) is 5.34. The first kappa shape index (κ1) is 13.4. The van der Waals surface area contributed by atoms with Gasteiger partial charge in [-0.1, -0.05) is 0 Å². The number of benzene rings is 1. The molecule has 0 aliphatic rings. The Morgan fingerprint density at radius 1 is 1.53 bits per heavy atom. The molecule has 1 unspecified atom stereocenters. The van der Waals surface area contributed by atoms with Gasteiger partial charge in [0, 0.05) is 18.3 Å². The number of carboxylic acid groups (broad SMARTS) is 1. The van der Waals surface area contributed by atoms with Gasteiger partial charge < -0.3 is 15.3 Å². The quantitative estimate of drug-likeness (QED) is 0.825. The van der Waals surface area contributed by atoms with Crippen molar-refractivity contribution in [3.05, 3.63) is 29.6 Å². The average Bonchev–Trinajstić information content (AvgIpc) is 2.15. The minimum Gasteiger partial charge on any atom is -0.478 e. The van der Waals surface area contributed by atoms with Crippen molar-refractivity contribution in [3.63, 3.8) is 0 Å². The van der Waals surface area contributed by atoms with E-state index in [2.05, 4.69) is 5.32 Å². The van der Waals surface area contributed by atoms with Gasteiger partial charge in [0.15, 0.2) is 0 Å². The van der Waals surface area contributed by atoms with Gasteiger partial charge in [-0.2, -0.15) is 0 Å². The summed E-state index contributed by atoms with van der Waals surface area (Å²) >= 11 is 0. The number of carbonyl (C=O) groups is 1. The van der Waals surface area contributed by atoms with Gasteiger partial charge in [-0.25, -0.2) is 9.18 Å². The Labute approximate surface area is 100 Å². The average molecular weight is 240 g/mol. The van der Waals surface area contributed by atoms with Crippen molar-refractivity contribution >= 4 is 11.7 Å². The predicted octanol–water partition coefficient (Wildman–Crippen LogP) is 1.89. The SMILES string of the molecule is CC(CN(C)C)Nc1ccc(C(=O)O)c(F)c1. The van der Waals surface area contributed by atoms with Crippen LogP contribution in [0, 0.1) is 5.82 Å². The Hall–Kier alpha value is -1.62. The summed E-state index contributed by atoms with van der Waals surface area (Å²) in [5, 5.41) is 11.8. The number of carboxylic acids is 1. The van der Waals surface area contributed by atoms with Crippen LogP contribution in [0.5, 0.6) is 0 Å². The van der Waals surface area contributed by atoms with Crippen LogP contribution in [0.4, 0.5) is 10.1 Å². The molecule has 1 aromatic rings. The highest BCUT2D eigenvalue weighted by Crippen LogP contribution is 2.15. The van der Waals surface area contributed by atoms with E-state index < -0.39 is 11.8 Å². The minimum atomic E-state index is -1.25. The monoisotopic (exact) mass is 240 g/mol. The molecule has 0 radical (unpaired) electrons. The number of halogens is 1. The third-order valence-electron chi connectivity index (χ3n) is 2.25. The Balaban J connectivity index is 2.74. The lowest BCUT2D eigenvalue weighted by Crippen LogP contribution is -2.29. The van der Waals surface area contributed by atoms with Crippen molar-refractivity contribution < 1.29 is 14.3 Å². The van der Waals surface area contributed by atoms with E-state index in [0.29, 0.717) is 5.69 Å². The molecule has 2 N–H and O–H groups in total. The summed E-state index contributed by atoms with van der Waals surface area (Å²) in [7, 11) is 3.90. The third-order valence-corrected chi connectivity index (χ3v) is 2.25. The molecular formula is C12H17FN2O2. The fourth-order valence-corrected chi connectivity index (χ4v) is 1.66. The number of rotatable bonds is 5. The van der Waals surface area contributed by atoms with Crippen LogP contribution in [0.1, 0.15) is 17.3 Å². The largest absolute Gasteiger partial charge is 0.478 e. The number of likely N-dealkylation sites (N-methyl/N-ethyl adjacent to an activating group) is 1. The van der Waals surface area contributed by atoms with E-state index >= 15 is 0 Å². The second-order valence-electron chi connectivity index (χ2n) is 4.31. The highest BCUT2D eigenvalue weighted by Gasteiger charge is 2.11. The van der Waals surface area contributed by atoms with E-state index in [4.69, 9.17) is 5.11 Å². The molecule has 0 amide bonds. The van der Waals surface area contributed by atoms with Crippen LogP contribution in [0.2, 0.25) is 0 Å². The van der Waals surface area contributed by atoms with Gasteiger partial charge in [-0.3, -0.25) is 0 Å². The molecule has 0 saturated heterocycles. The molecule has 1 rings (SSSR count). The maximum Gasteiger partial charge on any atom is 0.338 e. The van der Waals surface area contributed by atoms with Crippen molar-refractivity contribution in [2.45, 2.75) is 13.0 Å². The van der Waals surface area contributed by atoms with Gasteiger partial charge in [-0.05, 0) is 39.2 Å². The Morgan fingerprint density at radius 3 is 2.65 bits per heavy atom. The number of hydrogen-bond donors (Lipinski definition) is 2. The van der Waals surface area contributed by atoms with E-state index in [-0.39, 0.29) is 11.6 Å². The molecule has 5 heteroatoms. The molecule has 4 nitrogen and oxygen atoms in total. The second-order valence-corrected chi connectivity index (χ2v) is 4.31. The zero-order chi connectivity index (χ0) is 13.0. The van der Waals surface area contributed by atoms with E-state index in [0.717, 1.165) is 6.54 Å². The topological polar surface area (TPSA) is 52.6 Å². The number of aromatic carboxylic acids is 1. The van der Waals surface area contributed by atoms with Gasteiger partial charge in [-0.15, -0.1) is 0 Å². The van der Waals surface area contributed by atoms with Gasteiger partial charge in [0.1, 0.15) is 5.82 Å². The molecule has 0 bridgehead atoms. The molecule has 17 heavy (non-hydrogen) atoms. The molecule has 0 fully saturated rings. The van der Waals surface area contributed by atoms with Crippen molar-refractivity contribution in [2.75, 3.05) is 26.0 Å². The summed E-state index contributed by atoms with van der Waals surface area (Å²) in [4.78, 5) is 12.6. The van der Waals surface area contributed by atoms with Crippen molar-refractivity contribution in [2.24, 2.45) is 0 Å². The Kier molecular flexibility index (Phi) is 4.45. The first-order chi connectivity index (χ1) is 7.90. The molecule has 0 spiro atoms. The molecule has 0 aliphatic heterocycles. The standard InChI is InChI=1S/C12H17FN2O2/c1-8(7-15(2)3)14-9-4-5-10(12(16)17)11(13)6-9/h4-6,8,14H,7H2,1-3H3,(H,16,17). The number of nitrogens with zero attached hydrogens (tertiary/aromatic N) is 1. The fourth-order valence-electron chi connectivity index (χ4n) is 1.66. The maximum absolute atomic E-state index is 13.4. The van der Waals surface area contributed by atoms with Crippen molar-refractivity contribution in [1.82, 2.24) is 4.90 Å². The van der Waals surface area contributed by atoms with Gasteiger partial charge in [0.05, 0.1) is 5.56 Å². The summed E-state index contributed by atoms with van der Waals surface area (Å²) in [6, 6.07) is 4.19. The smallest absolute Gasteiger partial charge is 0.338 e. The van der Waals surface area contributed by atoms with Crippen LogP contribution >= 0.6 is 0 Å². The zero-order valence-corrected chi connectivity index (χ0v) is 10.2. The molecule has 0 heterocycles. The summed E-state index contributed by atoms with van der Waals surface area (Å²) in [5.74, 6) is -1.98. The lowest BCUT2D eigenvalue weighted by atomic mass is 10.2. The van der Waals surface area contributed by atoms with Crippen LogP contribution in [0.3, 0.4) is 0 Å². The van der Waals surface area contributed by atoms with Crippen LogP contribution in [0.25, 0.3) is 0 Å². The Bertz CT molecular complexity index is 407. The number of nitrogens with one attached hydrogen (secondary N) is 1. The first-order valence-electron chi connectivity index (χ1n) is 5.34. The normalized spacial score (nSPS) is 12.5. The molecule has 1 aromatic carbocycles. The van der Waals surface area contributed by atoms with Crippen LogP contribution < -0.4 is 5.32 Å². The lowest BCUT2D eigenvalue weighted by Gasteiger charge is -2.19. The van der Waals surface area contributed by atoms with Crippen molar-refractivity contribution in [3.8, 4) is 0 Å². The minimum absolute atomic E-state index is 0.153. The van der Waals surface area contributed by atoms with Crippen LogP contribution in [-0.2, 0) is 0 Å². The molecular weight excluding hydrogens is 223 g/mol. The summed E-state index contributed by atoms with van der Waals surface area (Å²) < 4.78 is 13.4. The van der Waals surface area contributed by atoms with E-state index in [1.54, 1.807) is 6.07 Å². The summed E-state index contributed by atoms with van der Waals surface area (Å²) in [6.07, 6.45) is 0. The number of hydrogen-bond acceptors (Lipinski definition) is 3. The highest BCUT2D eigenvalue weighted by atomic mass is 19.1. The summed E-state index contributed by atoms with van der Waals surface area (Å²) in [5.41, 5.74) is 0.276. The molecule has 94 valence electrons. The third kappa shape index (κ3) is 4.03. The van der Waals surface area contributed by atoms with Crippen LogP contribution in [0.15, 0.2) is 18.2 Å². The molecule has 0 aliphatic carbocycles. The van der Waals surface area contributed by atoms with Gasteiger partial charge in [0.25, 0.3) is 0 Å². The van der Waals surface area contributed by atoms with Crippen LogP contribution in [-0.4, -0.2) is 42.7 Å². The second kappa shape index (κ2) is 5.63. The number of anilines is 1. The van der Waals surface area contributed by atoms with Crippen molar-refractivity contribution in [1.29, 1.82) is 0 Å².